The average Bonchev–Trinajstić information content (AvgIpc) is 2.80. The number of methoxy groups -OCH3 is 1. The van der Waals surface area contributed by atoms with Crippen LogP contribution in [0.25, 0.3) is 10.9 Å². The van der Waals surface area contributed by atoms with Crippen LogP contribution in [0.2, 0.25) is 0 Å². The average molecular weight is 448 g/mol. The van der Waals surface area contributed by atoms with E-state index in [1.54, 1.807) is 25.3 Å². The van der Waals surface area contributed by atoms with Gasteiger partial charge in [0.15, 0.2) is 5.11 Å². The first kappa shape index (κ1) is 21.5. The van der Waals surface area contributed by atoms with E-state index < -0.39 is 0 Å². The minimum Gasteiger partial charge on any atom is -0.497 e. The number of benzene rings is 3. The second-order valence-corrected chi connectivity index (χ2v) is 7.74. The number of H-pyrrole nitrogens is 1. The van der Waals surface area contributed by atoms with Crippen LogP contribution in [0.1, 0.15) is 11.1 Å². The molecule has 2 N–H and O–H groups in total. The SMILES string of the molecule is COc1ccc2cc(CN(Cc3ccc(F)cc3)C(=S)Nc3ccccc3)c(=O)[nH]c2c1. The highest BCUT2D eigenvalue weighted by Crippen LogP contribution is 2.20. The van der Waals surface area contributed by atoms with E-state index >= 15 is 0 Å². The molecule has 5 nitrogen and oxygen atoms in total. The number of aromatic amines is 1. The van der Waals surface area contributed by atoms with Crippen molar-refractivity contribution >= 4 is 33.9 Å². The Bertz CT molecular complexity index is 1290. The number of pyridine rings is 1. The topological polar surface area (TPSA) is 57.4 Å². The summed E-state index contributed by atoms with van der Waals surface area (Å²) in [6.07, 6.45) is 0. The van der Waals surface area contributed by atoms with E-state index in [2.05, 4.69) is 10.3 Å². The molecule has 1 heterocycles. The molecular weight excluding hydrogens is 425 g/mol. The zero-order valence-corrected chi connectivity index (χ0v) is 18.3. The fourth-order valence-corrected chi connectivity index (χ4v) is 3.66. The standard InChI is InChI=1S/C25H22FN3O2S/c1-31-22-12-9-18-13-19(24(30)28-23(18)14-22)16-29(15-17-7-10-20(26)11-8-17)25(32)27-21-5-3-2-4-6-21/h2-14H,15-16H2,1H3,(H,27,32)(H,28,30). The number of para-hydroxylation sites is 1. The molecule has 0 aliphatic heterocycles. The highest BCUT2D eigenvalue weighted by molar-refractivity contribution is 7.80. The van der Waals surface area contributed by atoms with Crippen molar-refractivity contribution in [3.05, 3.63) is 106 Å². The van der Waals surface area contributed by atoms with Crippen LogP contribution in [0.5, 0.6) is 5.75 Å². The third-order valence-electron chi connectivity index (χ3n) is 5.09. The first-order valence-corrected chi connectivity index (χ1v) is 10.5. The van der Waals surface area contributed by atoms with E-state index in [4.69, 9.17) is 17.0 Å². The second kappa shape index (κ2) is 9.62. The second-order valence-electron chi connectivity index (χ2n) is 7.36. The third-order valence-corrected chi connectivity index (χ3v) is 5.45. The first-order chi connectivity index (χ1) is 15.5. The van der Waals surface area contributed by atoms with Crippen LogP contribution >= 0.6 is 12.2 Å². The molecule has 162 valence electrons. The van der Waals surface area contributed by atoms with Gasteiger partial charge in [-0.05, 0) is 65.6 Å². The summed E-state index contributed by atoms with van der Waals surface area (Å²) in [4.78, 5) is 17.6. The van der Waals surface area contributed by atoms with E-state index in [1.807, 2.05) is 53.4 Å². The quantitative estimate of drug-likeness (QED) is 0.404. The Balaban J connectivity index is 1.64. The lowest BCUT2D eigenvalue weighted by molar-refractivity contribution is 0.410. The zero-order valence-electron chi connectivity index (χ0n) is 17.5. The molecule has 0 aliphatic rings. The maximum Gasteiger partial charge on any atom is 0.253 e. The Morgan fingerprint density at radius 3 is 2.50 bits per heavy atom. The number of hydrogen-bond donors (Lipinski definition) is 2. The van der Waals surface area contributed by atoms with Crippen molar-refractivity contribution in [3.8, 4) is 5.75 Å². The van der Waals surface area contributed by atoms with Crippen LogP contribution in [0.3, 0.4) is 0 Å². The number of rotatable bonds is 6. The van der Waals surface area contributed by atoms with Crippen molar-refractivity contribution in [1.29, 1.82) is 0 Å². The molecule has 0 saturated carbocycles. The van der Waals surface area contributed by atoms with Gasteiger partial charge >= 0.3 is 0 Å². The number of aromatic nitrogens is 1. The maximum absolute atomic E-state index is 13.4. The van der Waals surface area contributed by atoms with Crippen molar-refractivity contribution in [2.45, 2.75) is 13.1 Å². The number of thiocarbonyl (C=S) groups is 1. The Morgan fingerprint density at radius 1 is 1.03 bits per heavy atom. The van der Waals surface area contributed by atoms with Crippen LogP contribution < -0.4 is 15.6 Å². The fraction of sp³-hybridized carbons (Fsp3) is 0.120. The molecule has 32 heavy (non-hydrogen) atoms. The molecule has 0 spiro atoms. The van der Waals surface area contributed by atoms with Gasteiger partial charge in [-0.15, -0.1) is 0 Å². The Kier molecular flexibility index (Phi) is 6.47. The Labute approximate surface area is 190 Å². The monoisotopic (exact) mass is 447 g/mol. The lowest BCUT2D eigenvalue weighted by Crippen LogP contribution is -2.35. The molecule has 7 heteroatoms. The first-order valence-electron chi connectivity index (χ1n) is 10.1. The van der Waals surface area contributed by atoms with E-state index in [0.717, 1.165) is 16.6 Å². The van der Waals surface area contributed by atoms with Crippen LogP contribution in [0, 0.1) is 5.82 Å². The largest absolute Gasteiger partial charge is 0.497 e. The van der Waals surface area contributed by atoms with Gasteiger partial charge < -0.3 is 19.9 Å². The minimum absolute atomic E-state index is 0.197. The zero-order chi connectivity index (χ0) is 22.5. The molecule has 0 saturated heterocycles. The number of halogens is 1. The summed E-state index contributed by atoms with van der Waals surface area (Å²) in [7, 11) is 1.58. The summed E-state index contributed by atoms with van der Waals surface area (Å²) in [5.41, 5.74) is 2.80. The molecule has 3 aromatic carbocycles. The number of nitrogens with zero attached hydrogens (tertiary/aromatic N) is 1. The summed E-state index contributed by atoms with van der Waals surface area (Å²) < 4.78 is 18.6. The summed E-state index contributed by atoms with van der Waals surface area (Å²) in [6.45, 7) is 0.701. The van der Waals surface area contributed by atoms with E-state index in [0.29, 0.717) is 28.5 Å². The summed E-state index contributed by atoms with van der Waals surface area (Å²) >= 11 is 5.67. The molecule has 4 rings (SSSR count). The summed E-state index contributed by atoms with van der Waals surface area (Å²) in [5.74, 6) is 0.374. The molecule has 0 fully saturated rings. The lowest BCUT2D eigenvalue weighted by atomic mass is 10.1. The molecule has 4 aromatic rings. The van der Waals surface area contributed by atoms with Crippen molar-refractivity contribution < 1.29 is 9.13 Å². The van der Waals surface area contributed by atoms with Gasteiger partial charge in [0.25, 0.3) is 5.56 Å². The molecule has 1 aromatic heterocycles. The molecule has 0 atom stereocenters. The number of nitrogens with one attached hydrogen (secondary N) is 2. The molecule has 0 amide bonds. The number of ether oxygens (including phenoxy) is 1. The summed E-state index contributed by atoms with van der Waals surface area (Å²) in [6, 6.07) is 23.2. The lowest BCUT2D eigenvalue weighted by Gasteiger charge is -2.26. The molecule has 0 radical (unpaired) electrons. The number of fused-ring (bicyclic) bond motifs is 1. The van der Waals surface area contributed by atoms with Gasteiger partial charge in [0.1, 0.15) is 11.6 Å². The smallest absolute Gasteiger partial charge is 0.253 e. The van der Waals surface area contributed by atoms with Crippen LogP contribution in [0.15, 0.2) is 83.7 Å². The Hall–Kier alpha value is -3.71. The van der Waals surface area contributed by atoms with Crippen molar-refractivity contribution in [1.82, 2.24) is 9.88 Å². The normalized spacial score (nSPS) is 10.7. The van der Waals surface area contributed by atoms with Crippen molar-refractivity contribution in [2.75, 3.05) is 12.4 Å². The number of anilines is 1. The van der Waals surface area contributed by atoms with Gasteiger partial charge in [-0.1, -0.05) is 30.3 Å². The van der Waals surface area contributed by atoms with Gasteiger partial charge in [0, 0.05) is 23.9 Å². The van der Waals surface area contributed by atoms with Gasteiger partial charge in [0.2, 0.25) is 0 Å². The van der Waals surface area contributed by atoms with E-state index in [-0.39, 0.29) is 17.9 Å². The predicted octanol–water partition coefficient (Wildman–Crippen LogP) is 5.08. The molecule has 0 bridgehead atoms. The van der Waals surface area contributed by atoms with Crippen LogP contribution in [-0.4, -0.2) is 22.1 Å². The van der Waals surface area contributed by atoms with Crippen molar-refractivity contribution in [3.63, 3.8) is 0 Å². The molecule has 0 aliphatic carbocycles. The van der Waals surface area contributed by atoms with E-state index in [1.165, 1.54) is 12.1 Å². The highest BCUT2D eigenvalue weighted by Gasteiger charge is 2.15. The Morgan fingerprint density at radius 2 is 1.78 bits per heavy atom. The van der Waals surface area contributed by atoms with Gasteiger partial charge in [0.05, 0.1) is 19.2 Å². The fourth-order valence-electron chi connectivity index (χ4n) is 3.41. The van der Waals surface area contributed by atoms with Crippen molar-refractivity contribution in [2.24, 2.45) is 0 Å². The third kappa shape index (κ3) is 5.12. The minimum atomic E-state index is -0.299. The number of hydrogen-bond acceptors (Lipinski definition) is 3. The van der Waals surface area contributed by atoms with E-state index in [9.17, 15) is 9.18 Å². The van der Waals surface area contributed by atoms with Crippen LogP contribution in [0.4, 0.5) is 10.1 Å². The van der Waals surface area contributed by atoms with Crippen LogP contribution in [-0.2, 0) is 13.1 Å². The maximum atomic E-state index is 13.4. The van der Waals surface area contributed by atoms with Gasteiger partial charge in [-0.2, -0.15) is 0 Å². The molecular formula is C25H22FN3O2S. The molecule has 0 unspecified atom stereocenters. The van der Waals surface area contributed by atoms with Gasteiger partial charge in [-0.25, -0.2) is 4.39 Å². The highest BCUT2D eigenvalue weighted by atomic mass is 32.1. The summed E-state index contributed by atoms with van der Waals surface area (Å²) in [5, 5.41) is 4.58. The van der Waals surface area contributed by atoms with Gasteiger partial charge in [-0.3, -0.25) is 4.79 Å². The predicted molar refractivity (Wildman–Crippen MR) is 129 cm³/mol.